The number of rotatable bonds is 5. The summed E-state index contributed by atoms with van der Waals surface area (Å²) in [6.45, 7) is 6.80. The molecule has 2 N–H and O–H groups in total. The van der Waals surface area contributed by atoms with E-state index in [2.05, 4.69) is 24.3 Å². The quantitative estimate of drug-likeness (QED) is 0.811. The summed E-state index contributed by atoms with van der Waals surface area (Å²) in [6.07, 6.45) is 2.03. The Hall–Kier alpha value is -2.82. The molecule has 2 amide bonds. The van der Waals surface area contributed by atoms with E-state index in [0.717, 1.165) is 28.9 Å². The molecule has 2 aromatic carbocycles. The molecule has 0 bridgehead atoms. The molecule has 1 saturated heterocycles. The van der Waals surface area contributed by atoms with Crippen molar-refractivity contribution in [2.45, 2.75) is 40.0 Å². The minimum Gasteiger partial charge on any atom is -0.497 e. The maximum Gasteiger partial charge on any atom is 0.227 e. The van der Waals surface area contributed by atoms with E-state index in [9.17, 15) is 9.59 Å². The van der Waals surface area contributed by atoms with Crippen LogP contribution in [0.15, 0.2) is 48.5 Å². The topological polar surface area (TPSA) is 72.6 Å². The molecule has 1 aliphatic heterocycles. The molecule has 0 aliphatic carbocycles. The van der Waals surface area contributed by atoms with Gasteiger partial charge in [0.05, 0.1) is 12.5 Å². The van der Waals surface area contributed by atoms with Gasteiger partial charge in [0.2, 0.25) is 11.8 Å². The van der Waals surface area contributed by atoms with Gasteiger partial charge in [-0.25, -0.2) is 0 Å². The van der Waals surface area contributed by atoms with Gasteiger partial charge in [0, 0.05) is 18.5 Å². The molecule has 2 aromatic rings. The third kappa shape index (κ3) is 4.66. The number of nitrogens with two attached hydrogens (primary N) is 1. The molecule has 0 saturated carbocycles. The van der Waals surface area contributed by atoms with Crippen LogP contribution in [-0.2, 0) is 16.0 Å². The van der Waals surface area contributed by atoms with Crippen molar-refractivity contribution >= 4 is 11.8 Å². The molecular weight excluding hydrogens is 376 g/mol. The standard InChI is InChI=1S/C25H32N2O3/c1-24(2,3)23(29)27-15-5-14-25(17-27,22(26)28)16-18-6-8-19(9-7-18)20-10-12-21(30-4)13-11-20/h6-13H,5,14-17H2,1-4H3,(H2,26,28)/t25-/m1/s1. The molecule has 0 radical (unpaired) electrons. The second-order valence-corrected chi connectivity index (χ2v) is 9.33. The zero-order chi connectivity index (χ0) is 21.9. The fourth-order valence-electron chi connectivity index (χ4n) is 4.20. The third-order valence-electron chi connectivity index (χ3n) is 5.95. The molecule has 1 atom stereocenters. The number of primary amides is 1. The SMILES string of the molecule is COc1ccc(-c2ccc(C[C@]3(C(N)=O)CCCN(C(=O)C(C)(C)C)C3)cc2)cc1. The zero-order valence-electron chi connectivity index (χ0n) is 18.4. The fourth-order valence-corrected chi connectivity index (χ4v) is 4.20. The largest absolute Gasteiger partial charge is 0.497 e. The summed E-state index contributed by atoms with van der Waals surface area (Å²) in [7, 11) is 1.65. The number of piperidine rings is 1. The predicted octanol–water partition coefficient (Wildman–Crippen LogP) is 4.04. The number of hydrogen-bond donors (Lipinski definition) is 1. The van der Waals surface area contributed by atoms with Gasteiger partial charge in [0.25, 0.3) is 0 Å². The highest BCUT2D eigenvalue weighted by Crippen LogP contribution is 2.36. The highest BCUT2D eigenvalue weighted by molar-refractivity contribution is 5.85. The number of amides is 2. The van der Waals surface area contributed by atoms with Gasteiger partial charge < -0.3 is 15.4 Å². The van der Waals surface area contributed by atoms with Gasteiger partial charge in [-0.05, 0) is 48.1 Å². The second kappa shape index (κ2) is 8.50. The van der Waals surface area contributed by atoms with Crippen molar-refractivity contribution < 1.29 is 14.3 Å². The Bertz CT molecular complexity index is 897. The van der Waals surface area contributed by atoms with E-state index in [-0.39, 0.29) is 11.8 Å². The smallest absolute Gasteiger partial charge is 0.227 e. The summed E-state index contributed by atoms with van der Waals surface area (Å²) >= 11 is 0. The highest BCUT2D eigenvalue weighted by Gasteiger charge is 2.43. The van der Waals surface area contributed by atoms with Crippen molar-refractivity contribution in [3.05, 3.63) is 54.1 Å². The van der Waals surface area contributed by atoms with Gasteiger partial charge in [-0.3, -0.25) is 9.59 Å². The molecular formula is C25H32N2O3. The van der Waals surface area contributed by atoms with Gasteiger partial charge in [0.15, 0.2) is 0 Å². The van der Waals surface area contributed by atoms with Crippen molar-refractivity contribution in [2.75, 3.05) is 20.2 Å². The van der Waals surface area contributed by atoms with Gasteiger partial charge in [-0.1, -0.05) is 57.2 Å². The minimum atomic E-state index is -0.721. The Kier molecular flexibility index (Phi) is 6.20. The van der Waals surface area contributed by atoms with Crippen LogP contribution >= 0.6 is 0 Å². The maximum atomic E-state index is 12.8. The monoisotopic (exact) mass is 408 g/mol. The summed E-state index contributed by atoms with van der Waals surface area (Å²) in [6, 6.07) is 16.1. The van der Waals surface area contributed by atoms with E-state index in [1.54, 1.807) is 7.11 Å². The van der Waals surface area contributed by atoms with Crippen LogP contribution in [0, 0.1) is 10.8 Å². The average molecular weight is 409 g/mol. The number of methoxy groups -OCH3 is 1. The Morgan fingerprint density at radius 3 is 2.10 bits per heavy atom. The van der Waals surface area contributed by atoms with Gasteiger partial charge in [-0.2, -0.15) is 0 Å². The molecule has 1 aliphatic rings. The first-order valence-corrected chi connectivity index (χ1v) is 10.5. The van der Waals surface area contributed by atoms with E-state index in [1.165, 1.54) is 0 Å². The van der Waals surface area contributed by atoms with Crippen LogP contribution in [0.25, 0.3) is 11.1 Å². The van der Waals surface area contributed by atoms with Crippen molar-refractivity contribution in [1.82, 2.24) is 4.90 Å². The minimum absolute atomic E-state index is 0.0719. The van der Waals surface area contributed by atoms with Crippen LogP contribution in [-0.4, -0.2) is 36.9 Å². The highest BCUT2D eigenvalue weighted by atomic mass is 16.5. The van der Waals surface area contributed by atoms with E-state index in [0.29, 0.717) is 25.9 Å². The first-order chi connectivity index (χ1) is 14.1. The molecule has 0 unspecified atom stereocenters. The van der Waals surface area contributed by atoms with Crippen molar-refractivity contribution in [2.24, 2.45) is 16.6 Å². The number of hydrogen-bond acceptors (Lipinski definition) is 3. The number of nitrogens with zero attached hydrogens (tertiary/aromatic N) is 1. The normalized spacial score (nSPS) is 19.4. The van der Waals surface area contributed by atoms with E-state index >= 15 is 0 Å². The maximum absolute atomic E-state index is 12.8. The van der Waals surface area contributed by atoms with E-state index in [4.69, 9.17) is 10.5 Å². The molecule has 3 rings (SSSR count). The van der Waals surface area contributed by atoms with E-state index in [1.807, 2.05) is 49.9 Å². The zero-order valence-corrected chi connectivity index (χ0v) is 18.4. The molecule has 0 spiro atoms. The Morgan fingerprint density at radius 2 is 1.60 bits per heavy atom. The predicted molar refractivity (Wildman–Crippen MR) is 119 cm³/mol. The first-order valence-electron chi connectivity index (χ1n) is 10.5. The van der Waals surface area contributed by atoms with Crippen LogP contribution in [0.4, 0.5) is 0 Å². The summed E-state index contributed by atoms with van der Waals surface area (Å²) in [5.41, 5.74) is 7.94. The number of carbonyl (C=O) groups excluding carboxylic acids is 2. The lowest BCUT2D eigenvalue weighted by Crippen LogP contribution is -2.55. The lowest BCUT2D eigenvalue weighted by molar-refractivity contribution is -0.146. The fraction of sp³-hybridized carbons (Fsp3) is 0.440. The first kappa shape index (κ1) is 21.9. The van der Waals surface area contributed by atoms with Crippen LogP contribution < -0.4 is 10.5 Å². The summed E-state index contributed by atoms with van der Waals surface area (Å²) in [5.74, 6) is 0.571. The Labute approximate surface area is 179 Å². The molecule has 30 heavy (non-hydrogen) atoms. The summed E-state index contributed by atoms with van der Waals surface area (Å²) in [4.78, 5) is 27.1. The molecule has 160 valence electrons. The molecule has 1 heterocycles. The van der Waals surface area contributed by atoms with Crippen LogP contribution in [0.2, 0.25) is 0 Å². The van der Waals surface area contributed by atoms with Crippen LogP contribution in [0.3, 0.4) is 0 Å². The molecule has 5 nitrogen and oxygen atoms in total. The van der Waals surface area contributed by atoms with Crippen molar-refractivity contribution in [3.63, 3.8) is 0 Å². The second-order valence-electron chi connectivity index (χ2n) is 9.33. The lowest BCUT2D eigenvalue weighted by atomic mass is 9.74. The van der Waals surface area contributed by atoms with Gasteiger partial charge >= 0.3 is 0 Å². The van der Waals surface area contributed by atoms with Crippen LogP contribution in [0.1, 0.15) is 39.2 Å². The van der Waals surface area contributed by atoms with Crippen molar-refractivity contribution in [3.8, 4) is 16.9 Å². The molecule has 0 aromatic heterocycles. The Balaban J connectivity index is 1.79. The van der Waals surface area contributed by atoms with Gasteiger partial charge in [-0.15, -0.1) is 0 Å². The number of likely N-dealkylation sites (tertiary alicyclic amines) is 1. The summed E-state index contributed by atoms with van der Waals surface area (Å²) < 4.78 is 5.22. The Morgan fingerprint density at radius 1 is 1.03 bits per heavy atom. The third-order valence-corrected chi connectivity index (χ3v) is 5.95. The van der Waals surface area contributed by atoms with Crippen molar-refractivity contribution in [1.29, 1.82) is 0 Å². The van der Waals surface area contributed by atoms with Gasteiger partial charge in [0.1, 0.15) is 5.75 Å². The van der Waals surface area contributed by atoms with Crippen LogP contribution in [0.5, 0.6) is 5.75 Å². The number of carbonyl (C=O) groups is 2. The average Bonchev–Trinajstić information content (AvgIpc) is 2.73. The van der Waals surface area contributed by atoms with E-state index < -0.39 is 10.8 Å². The lowest BCUT2D eigenvalue weighted by Gasteiger charge is -2.42. The molecule has 5 heteroatoms. The summed E-state index contributed by atoms with van der Waals surface area (Å²) in [5, 5.41) is 0. The molecule has 1 fully saturated rings. The number of benzene rings is 2. The number of ether oxygens (including phenoxy) is 1.